The van der Waals surface area contributed by atoms with E-state index in [1.54, 1.807) is 42.2 Å². The van der Waals surface area contributed by atoms with Crippen LogP contribution in [0.4, 0.5) is 5.69 Å². The molecule has 0 atom stereocenters. The third-order valence-electron chi connectivity index (χ3n) is 4.58. The zero-order valence-electron chi connectivity index (χ0n) is 16.4. The maximum atomic E-state index is 13.0. The topological polar surface area (TPSA) is 121 Å². The normalized spacial score (nSPS) is 11.6. The maximum absolute atomic E-state index is 13.0. The third-order valence-corrected chi connectivity index (χ3v) is 5.88. The lowest BCUT2D eigenvalue weighted by Crippen LogP contribution is -2.14. The second kappa shape index (κ2) is 7.26. The number of hydrogen-bond acceptors (Lipinski definition) is 7. The number of ketones is 1. The fourth-order valence-electron chi connectivity index (χ4n) is 3.04. The van der Waals surface area contributed by atoms with Crippen LogP contribution in [0.5, 0.6) is 5.75 Å². The number of ether oxygens (including phenoxy) is 1. The summed E-state index contributed by atoms with van der Waals surface area (Å²) in [6, 6.07) is 6.58. The average molecular weight is 426 g/mol. The fourth-order valence-corrected chi connectivity index (χ4v) is 4.05. The molecular formula is C19H18N6O4S. The van der Waals surface area contributed by atoms with Crippen molar-refractivity contribution >= 4 is 32.4 Å². The van der Waals surface area contributed by atoms with Crippen LogP contribution in [0.1, 0.15) is 17.3 Å². The number of Topliss-reactive ketones (excluding diaryl/α,β-unsaturated/α-hetero) is 1. The molecule has 0 radical (unpaired) electrons. The van der Waals surface area contributed by atoms with Gasteiger partial charge in [0.2, 0.25) is 0 Å². The van der Waals surface area contributed by atoms with E-state index in [9.17, 15) is 13.2 Å². The molecule has 0 unspecified atom stereocenters. The maximum Gasteiger partial charge on any atom is 0.265 e. The first kappa shape index (κ1) is 19.6. The van der Waals surface area contributed by atoms with Crippen LogP contribution < -0.4 is 9.46 Å². The van der Waals surface area contributed by atoms with Crippen LogP contribution in [0.25, 0.3) is 16.7 Å². The van der Waals surface area contributed by atoms with Crippen molar-refractivity contribution in [1.29, 1.82) is 0 Å². The quantitative estimate of drug-likeness (QED) is 0.469. The summed E-state index contributed by atoms with van der Waals surface area (Å²) >= 11 is 0. The molecule has 3 heterocycles. The van der Waals surface area contributed by atoms with Crippen LogP contribution in [0.3, 0.4) is 0 Å². The van der Waals surface area contributed by atoms with E-state index in [1.165, 1.54) is 37.3 Å². The molecule has 0 saturated carbocycles. The predicted molar refractivity (Wildman–Crippen MR) is 109 cm³/mol. The largest absolute Gasteiger partial charge is 0.494 e. The van der Waals surface area contributed by atoms with Gasteiger partial charge in [-0.2, -0.15) is 10.2 Å². The zero-order chi connectivity index (χ0) is 21.5. The van der Waals surface area contributed by atoms with Crippen molar-refractivity contribution in [2.75, 3.05) is 11.8 Å². The standard InChI is InChI=1S/C19H18N6O4S/c1-12(26)13-6-7-20-17(8-13)25-11-15(10-22-25)30(27,28)23-18-16(29-3)5-4-14-9-21-24(2)19(14)18/h4-11,23H,1-3H3. The van der Waals surface area contributed by atoms with Crippen LogP contribution in [0.2, 0.25) is 0 Å². The second-order valence-corrected chi connectivity index (χ2v) is 8.22. The summed E-state index contributed by atoms with van der Waals surface area (Å²) in [5.41, 5.74) is 1.31. The summed E-state index contributed by atoms with van der Waals surface area (Å²) in [6.07, 6.45) is 5.64. The number of rotatable bonds is 6. The van der Waals surface area contributed by atoms with Gasteiger partial charge < -0.3 is 4.74 Å². The highest BCUT2D eigenvalue weighted by atomic mass is 32.2. The molecule has 1 N–H and O–H groups in total. The zero-order valence-corrected chi connectivity index (χ0v) is 17.2. The number of hydrogen-bond donors (Lipinski definition) is 1. The molecule has 3 aromatic heterocycles. The molecule has 0 amide bonds. The Morgan fingerprint density at radius 2 is 1.97 bits per heavy atom. The van der Waals surface area contributed by atoms with E-state index in [0.29, 0.717) is 22.6 Å². The minimum absolute atomic E-state index is 0.0706. The van der Waals surface area contributed by atoms with Crippen molar-refractivity contribution in [3.8, 4) is 11.6 Å². The van der Waals surface area contributed by atoms with Gasteiger partial charge in [-0.05, 0) is 31.2 Å². The Hall–Kier alpha value is -3.73. The number of aromatic nitrogens is 5. The number of carbonyl (C=O) groups excluding carboxylic acids is 1. The molecule has 0 saturated heterocycles. The number of benzene rings is 1. The van der Waals surface area contributed by atoms with Gasteiger partial charge in [0.1, 0.15) is 16.3 Å². The SMILES string of the molecule is COc1ccc2cnn(C)c2c1NS(=O)(=O)c1cnn(-c2cc(C(C)=O)ccn2)c1. The fraction of sp³-hybridized carbons (Fsp3) is 0.158. The summed E-state index contributed by atoms with van der Waals surface area (Å²) in [6.45, 7) is 1.44. The van der Waals surface area contributed by atoms with E-state index in [-0.39, 0.29) is 16.4 Å². The number of pyridine rings is 1. The highest BCUT2D eigenvalue weighted by Gasteiger charge is 2.22. The number of sulfonamides is 1. The molecule has 0 bridgehead atoms. The molecule has 4 rings (SSSR count). The van der Waals surface area contributed by atoms with Gasteiger partial charge >= 0.3 is 0 Å². The molecule has 11 heteroatoms. The van der Waals surface area contributed by atoms with Gasteiger partial charge in [-0.1, -0.05) is 0 Å². The molecule has 0 aliphatic carbocycles. The number of fused-ring (bicyclic) bond motifs is 1. The number of aryl methyl sites for hydroxylation is 1. The summed E-state index contributed by atoms with van der Waals surface area (Å²) < 4.78 is 36.9. The minimum atomic E-state index is -3.99. The van der Waals surface area contributed by atoms with Gasteiger partial charge in [-0.3, -0.25) is 14.2 Å². The Balaban J connectivity index is 1.73. The van der Waals surface area contributed by atoms with Gasteiger partial charge in [-0.15, -0.1) is 0 Å². The lowest BCUT2D eigenvalue weighted by Gasteiger charge is -2.13. The van der Waals surface area contributed by atoms with E-state index in [4.69, 9.17) is 4.74 Å². The van der Waals surface area contributed by atoms with Gasteiger partial charge in [0.05, 0.1) is 31.2 Å². The smallest absolute Gasteiger partial charge is 0.265 e. The van der Waals surface area contributed by atoms with Gasteiger partial charge in [0.25, 0.3) is 10.0 Å². The van der Waals surface area contributed by atoms with Crippen molar-refractivity contribution < 1.29 is 17.9 Å². The summed E-state index contributed by atoms with van der Waals surface area (Å²) in [4.78, 5) is 15.7. The molecule has 0 spiro atoms. The molecule has 154 valence electrons. The third kappa shape index (κ3) is 3.39. The second-order valence-electron chi connectivity index (χ2n) is 6.53. The van der Waals surface area contributed by atoms with Crippen LogP contribution in [0, 0.1) is 0 Å². The molecule has 30 heavy (non-hydrogen) atoms. The predicted octanol–water partition coefficient (Wildman–Crippen LogP) is 2.17. The summed E-state index contributed by atoms with van der Waals surface area (Å²) in [5.74, 6) is 0.560. The van der Waals surface area contributed by atoms with Crippen LogP contribution >= 0.6 is 0 Å². The first-order valence-electron chi connectivity index (χ1n) is 8.83. The number of carbonyl (C=O) groups is 1. The minimum Gasteiger partial charge on any atom is -0.494 e. The van der Waals surface area contributed by atoms with Crippen LogP contribution in [-0.2, 0) is 17.1 Å². The lowest BCUT2D eigenvalue weighted by molar-refractivity contribution is 0.101. The van der Waals surface area contributed by atoms with E-state index in [1.807, 2.05) is 0 Å². The number of methoxy groups -OCH3 is 1. The number of anilines is 1. The lowest BCUT2D eigenvalue weighted by atomic mass is 10.2. The molecule has 0 aliphatic heterocycles. The number of nitrogens with zero attached hydrogens (tertiary/aromatic N) is 5. The number of nitrogens with one attached hydrogen (secondary N) is 1. The highest BCUT2D eigenvalue weighted by molar-refractivity contribution is 7.92. The monoisotopic (exact) mass is 426 g/mol. The Bertz CT molecular complexity index is 1370. The molecule has 0 aliphatic rings. The molecular weight excluding hydrogens is 408 g/mol. The van der Waals surface area contributed by atoms with E-state index < -0.39 is 10.0 Å². The molecule has 1 aromatic carbocycles. The average Bonchev–Trinajstić information content (AvgIpc) is 3.36. The Labute approximate surface area is 172 Å². The van der Waals surface area contributed by atoms with Crippen molar-refractivity contribution in [2.24, 2.45) is 7.05 Å². The van der Waals surface area contributed by atoms with Crippen molar-refractivity contribution in [3.05, 3.63) is 54.6 Å². The van der Waals surface area contributed by atoms with E-state index in [0.717, 1.165) is 5.39 Å². The highest BCUT2D eigenvalue weighted by Crippen LogP contribution is 2.34. The van der Waals surface area contributed by atoms with Crippen LogP contribution in [-0.4, -0.2) is 45.9 Å². The van der Waals surface area contributed by atoms with E-state index in [2.05, 4.69) is 19.9 Å². The molecule has 10 nitrogen and oxygen atoms in total. The van der Waals surface area contributed by atoms with Crippen molar-refractivity contribution in [2.45, 2.75) is 11.8 Å². The van der Waals surface area contributed by atoms with Gasteiger partial charge in [0.15, 0.2) is 11.6 Å². The Morgan fingerprint density at radius 1 is 1.17 bits per heavy atom. The molecule has 4 aromatic rings. The van der Waals surface area contributed by atoms with Crippen molar-refractivity contribution in [1.82, 2.24) is 24.5 Å². The Kier molecular flexibility index (Phi) is 4.74. The summed E-state index contributed by atoms with van der Waals surface area (Å²) in [7, 11) is -0.822. The summed E-state index contributed by atoms with van der Waals surface area (Å²) in [5, 5.41) is 9.02. The first-order chi connectivity index (χ1) is 14.3. The van der Waals surface area contributed by atoms with Gasteiger partial charge in [-0.25, -0.2) is 18.1 Å². The van der Waals surface area contributed by atoms with E-state index >= 15 is 0 Å². The van der Waals surface area contributed by atoms with Gasteiger partial charge in [0, 0.05) is 24.2 Å². The Morgan fingerprint density at radius 3 is 2.70 bits per heavy atom. The molecule has 0 fully saturated rings. The first-order valence-corrected chi connectivity index (χ1v) is 10.3. The van der Waals surface area contributed by atoms with Crippen molar-refractivity contribution in [3.63, 3.8) is 0 Å². The van der Waals surface area contributed by atoms with Crippen LogP contribution in [0.15, 0.2) is 53.9 Å².